The van der Waals surface area contributed by atoms with Gasteiger partial charge < -0.3 is 10.1 Å². The highest BCUT2D eigenvalue weighted by Gasteiger charge is 2.36. The minimum absolute atomic E-state index is 0.0853. The third-order valence-corrected chi connectivity index (χ3v) is 5.64. The van der Waals surface area contributed by atoms with E-state index in [1.54, 1.807) is 24.3 Å². The van der Waals surface area contributed by atoms with Crippen molar-refractivity contribution in [2.24, 2.45) is 4.99 Å². The summed E-state index contributed by atoms with van der Waals surface area (Å²) in [6.45, 7) is 0. The van der Waals surface area contributed by atoms with Crippen LogP contribution in [-0.4, -0.2) is 34.8 Å². The van der Waals surface area contributed by atoms with Gasteiger partial charge in [0.1, 0.15) is 11.0 Å². The molecular weight excluding hydrogens is 459 g/mol. The Morgan fingerprint density at radius 1 is 1.27 bits per heavy atom. The van der Waals surface area contributed by atoms with Gasteiger partial charge in [0.2, 0.25) is 11.8 Å². The van der Waals surface area contributed by atoms with E-state index >= 15 is 0 Å². The van der Waals surface area contributed by atoms with Crippen LogP contribution in [0.4, 0.5) is 20.2 Å². The number of nitrogens with zero attached hydrogens (tertiary/aromatic N) is 2. The molecule has 1 N–H and O–H groups in total. The number of thioether (sulfide) groups is 1. The maximum Gasteiger partial charge on any atom is 0.487 e. The van der Waals surface area contributed by atoms with E-state index in [9.17, 15) is 18.4 Å². The molecule has 0 aliphatic carbocycles. The van der Waals surface area contributed by atoms with E-state index in [-0.39, 0.29) is 24.0 Å². The van der Waals surface area contributed by atoms with Crippen LogP contribution in [0.5, 0.6) is 5.75 Å². The van der Waals surface area contributed by atoms with Crippen molar-refractivity contribution in [3.8, 4) is 5.75 Å². The highest BCUT2D eigenvalue weighted by Crippen LogP contribution is 2.33. The van der Waals surface area contributed by atoms with Crippen LogP contribution in [0.2, 0.25) is 5.02 Å². The van der Waals surface area contributed by atoms with Crippen molar-refractivity contribution in [1.82, 2.24) is 0 Å². The lowest BCUT2D eigenvalue weighted by molar-refractivity contribution is -0.121. The van der Waals surface area contributed by atoms with Crippen LogP contribution in [0, 0.1) is 0 Å². The number of carbonyl (C=O) groups excluding carboxylic acids is 2. The fraction of sp³-hybridized carbons (Fsp3) is 0.211. The van der Waals surface area contributed by atoms with Crippen molar-refractivity contribution in [2.75, 3.05) is 17.3 Å². The molecule has 158 valence electrons. The summed E-state index contributed by atoms with van der Waals surface area (Å²) in [7, 11) is 1.49. The first-order valence-corrected chi connectivity index (χ1v) is 10.2. The molecule has 0 spiro atoms. The molecule has 1 saturated heterocycles. The predicted molar refractivity (Wildman–Crippen MR) is 115 cm³/mol. The number of rotatable bonds is 5. The second-order valence-corrected chi connectivity index (χ2v) is 8.07. The number of nitrogens with one attached hydrogen (secondary N) is 1. The van der Waals surface area contributed by atoms with Gasteiger partial charge in [-0.2, -0.15) is 0 Å². The standard InChI is InChI=1S/C19H15Cl2F2N3O3S/c1-24-18-26(11-6-8-12(9-7-11)29-19(21,22)23)16(27)10-15(30-18)17(28)25-14-5-3-2-4-13(14)20/h2-9,15H,10H2,1H3,(H,25,28)/t15-/m0/s1. The zero-order chi connectivity index (χ0) is 21.9. The molecule has 0 aromatic heterocycles. The van der Waals surface area contributed by atoms with Gasteiger partial charge in [-0.25, -0.2) is 0 Å². The topological polar surface area (TPSA) is 71.0 Å². The van der Waals surface area contributed by atoms with E-state index in [0.717, 1.165) is 11.8 Å². The number of amidine groups is 1. The zero-order valence-corrected chi connectivity index (χ0v) is 17.8. The monoisotopic (exact) mass is 473 g/mol. The largest absolute Gasteiger partial charge is 0.487 e. The Balaban J connectivity index is 1.74. The quantitative estimate of drug-likeness (QED) is 0.622. The molecule has 0 saturated carbocycles. The number of ether oxygens (including phenoxy) is 1. The number of alkyl halides is 3. The summed E-state index contributed by atoms with van der Waals surface area (Å²) in [5.74, 6) is -0.914. The summed E-state index contributed by atoms with van der Waals surface area (Å²) in [6, 6.07) is 12.1. The summed E-state index contributed by atoms with van der Waals surface area (Å²) in [6.07, 6.45) is -0.0853. The number of hydrogen-bond acceptors (Lipinski definition) is 5. The zero-order valence-electron chi connectivity index (χ0n) is 15.4. The maximum atomic E-state index is 12.8. The second-order valence-electron chi connectivity index (χ2n) is 6.06. The van der Waals surface area contributed by atoms with Gasteiger partial charge in [-0.15, -0.1) is 8.78 Å². The van der Waals surface area contributed by atoms with E-state index in [2.05, 4.69) is 15.0 Å². The molecule has 11 heteroatoms. The summed E-state index contributed by atoms with van der Waals surface area (Å²) >= 11 is 11.9. The van der Waals surface area contributed by atoms with Crippen LogP contribution in [-0.2, 0) is 9.59 Å². The highest BCUT2D eigenvalue weighted by atomic mass is 35.5. The van der Waals surface area contributed by atoms with Crippen molar-refractivity contribution in [3.63, 3.8) is 0 Å². The molecule has 3 rings (SSSR count). The fourth-order valence-electron chi connectivity index (χ4n) is 2.70. The fourth-order valence-corrected chi connectivity index (χ4v) is 4.04. The molecule has 30 heavy (non-hydrogen) atoms. The number of aliphatic imine (C=N–C) groups is 1. The van der Waals surface area contributed by atoms with Crippen molar-refractivity contribution >= 4 is 63.3 Å². The van der Waals surface area contributed by atoms with Crippen molar-refractivity contribution in [1.29, 1.82) is 0 Å². The average Bonchev–Trinajstić information content (AvgIpc) is 2.68. The molecule has 1 aliphatic heterocycles. The first-order valence-electron chi connectivity index (χ1n) is 8.55. The third-order valence-electron chi connectivity index (χ3n) is 3.99. The van der Waals surface area contributed by atoms with Crippen molar-refractivity contribution < 1.29 is 23.1 Å². The van der Waals surface area contributed by atoms with E-state index in [1.807, 2.05) is 0 Å². The molecule has 2 aromatic rings. The molecule has 1 aliphatic rings. The molecular formula is C19H15Cl2F2N3O3S. The van der Waals surface area contributed by atoms with Gasteiger partial charge in [0.25, 0.3) is 0 Å². The third kappa shape index (κ3) is 5.41. The average molecular weight is 474 g/mol. The van der Waals surface area contributed by atoms with Gasteiger partial charge in [-0.05, 0) is 36.4 Å². The van der Waals surface area contributed by atoms with E-state index in [1.165, 1.54) is 36.2 Å². The maximum absolute atomic E-state index is 12.8. The Hall–Kier alpha value is -2.36. The van der Waals surface area contributed by atoms with Crippen LogP contribution in [0.1, 0.15) is 6.42 Å². The summed E-state index contributed by atoms with van der Waals surface area (Å²) in [4.78, 5) is 30.8. The highest BCUT2D eigenvalue weighted by molar-refractivity contribution is 8.15. The second kappa shape index (κ2) is 9.20. The number of anilines is 2. The van der Waals surface area contributed by atoms with Crippen molar-refractivity contribution in [2.45, 2.75) is 17.2 Å². The van der Waals surface area contributed by atoms with Crippen LogP contribution < -0.4 is 15.0 Å². The first kappa shape index (κ1) is 22.3. The van der Waals surface area contributed by atoms with Crippen LogP contribution in [0.25, 0.3) is 0 Å². The Morgan fingerprint density at radius 3 is 2.53 bits per heavy atom. The molecule has 2 amide bonds. The van der Waals surface area contributed by atoms with Crippen LogP contribution in [0.15, 0.2) is 53.5 Å². The van der Waals surface area contributed by atoms with Gasteiger partial charge in [-0.3, -0.25) is 19.5 Å². The number of carbonyl (C=O) groups is 2. The molecule has 1 fully saturated rings. The number of amides is 2. The Bertz CT molecular complexity index is 984. The van der Waals surface area contributed by atoms with Gasteiger partial charge >= 0.3 is 5.57 Å². The van der Waals surface area contributed by atoms with Crippen LogP contribution >= 0.6 is 35.0 Å². The summed E-state index contributed by atoms with van der Waals surface area (Å²) in [5, 5.41) is 2.68. The van der Waals surface area contributed by atoms with E-state index in [0.29, 0.717) is 21.6 Å². The Morgan fingerprint density at radius 2 is 1.93 bits per heavy atom. The lowest BCUT2D eigenvalue weighted by Gasteiger charge is -2.31. The Kier molecular flexibility index (Phi) is 6.84. The van der Waals surface area contributed by atoms with Gasteiger partial charge in [-0.1, -0.05) is 35.5 Å². The molecule has 0 radical (unpaired) electrons. The Labute approximate surface area is 185 Å². The molecule has 1 atom stereocenters. The van der Waals surface area contributed by atoms with Gasteiger partial charge in [0.05, 0.1) is 16.4 Å². The molecule has 6 nitrogen and oxygen atoms in total. The summed E-state index contributed by atoms with van der Waals surface area (Å²) < 4.78 is 29.8. The molecule has 1 heterocycles. The van der Waals surface area contributed by atoms with Crippen LogP contribution in [0.3, 0.4) is 0 Å². The smallest absolute Gasteiger partial charge is 0.420 e. The minimum atomic E-state index is -3.84. The SMILES string of the molecule is CN=C1S[C@H](C(=O)Nc2ccccc2Cl)CC(=O)N1c1ccc(OC(F)(F)Cl)cc1. The van der Waals surface area contributed by atoms with Crippen molar-refractivity contribution in [3.05, 3.63) is 53.6 Å². The lowest BCUT2D eigenvalue weighted by atomic mass is 10.2. The molecule has 0 unspecified atom stereocenters. The lowest BCUT2D eigenvalue weighted by Crippen LogP contribution is -2.45. The van der Waals surface area contributed by atoms with E-state index < -0.39 is 10.8 Å². The number of halogens is 4. The number of benzene rings is 2. The van der Waals surface area contributed by atoms with E-state index in [4.69, 9.17) is 23.2 Å². The molecule has 0 bridgehead atoms. The normalized spacial score (nSPS) is 18.4. The van der Waals surface area contributed by atoms with Gasteiger partial charge in [0.15, 0.2) is 5.17 Å². The first-order chi connectivity index (χ1) is 14.2. The predicted octanol–water partition coefficient (Wildman–Crippen LogP) is 4.97. The minimum Gasteiger partial charge on any atom is -0.420 e. The number of hydrogen-bond donors (Lipinski definition) is 1. The summed E-state index contributed by atoms with van der Waals surface area (Å²) in [5.41, 5.74) is -3.00. The number of para-hydroxylation sites is 1. The van der Waals surface area contributed by atoms with Gasteiger partial charge in [0, 0.05) is 25.1 Å². The molecule has 2 aromatic carbocycles.